The van der Waals surface area contributed by atoms with E-state index in [1.54, 1.807) is 7.11 Å². The summed E-state index contributed by atoms with van der Waals surface area (Å²) in [6.45, 7) is 2.95. The number of hydrogen-bond donors (Lipinski definition) is 1. The minimum Gasteiger partial charge on any atom is -0.497 e. The zero-order valence-electron chi connectivity index (χ0n) is 12.5. The van der Waals surface area contributed by atoms with Crippen LogP contribution in [0.5, 0.6) is 11.5 Å². The van der Waals surface area contributed by atoms with Gasteiger partial charge in [-0.15, -0.1) is 0 Å². The van der Waals surface area contributed by atoms with Gasteiger partial charge in [0.1, 0.15) is 11.5 Å². The molecule has 3 nitrogen and oxygen atoms in total. The predicted octanol–water partition coefficient (Wildman–Crippen LogP) is 3.87. The highest BCUT2D eigenvalue weighted by atomic mass is 16.5. The molecule has 0 saturated carbocycles. The minimum absolute atomic E-state index is 0.291. The summed E-state index contributed by atoms with van der Waals surface area (Å²) in [5, 5.41) is 3.71. The van der Waals surface area contributed by atoms with Gasteiger partial charge in [-0.3, -0.25) is 0 Å². The number of methoxy groups -OCH3 is 1. The normalized spacial score (nSPS) is 18.5. The van der Waals surface area contributed by atoms with Crippen LogP contribution in [0.1, 0.15) is 36.6 Å². The smallest absolute Gasteiger partial charge is 0.124 e. The van der Waals surface area contributed by atoms with Crippen LogP contribution < -0.4 is 14.8 Å². The second-order valence-electron chi connectivity index (χ2n) is 5.39. The molecule has 0 aliphatic carbocycles. The van der Waals surface area contributed by atoms with Gasteiger partial charge in [0.25, 0.3) is 0 Å². The second-order valence-corrected chi connectivity index (χ2v) is 5.39. The molecular weight excluding hydrogens is 262 g/mol. The molecule has 1 heterocycles. The first-order valence-corrected chi connectivity index (χ1v) is 7.39. The molecule has 2 atom stereocenters. The molecule has 110 valence electrons. The second kappa shape index (κ2) is 6.19. The van der Waals surface area contributed by atoms with Crippen LogP contribution in [0.4, 0.5) is 0 Å². The van der Waals surface area contributed by atoms with Crippen LogP contribution in [0.2, 0.25) is 0 Å². The van der Waals surface area contributed by atoms with Gasteiger partial charge in [0.05, 0.1) is 13.7 Å². The molecule has 1 aliphatic heterocycles. The molecule has 0 fully saturated rings. The molecule has 0 saturated heterocycles. The van der Waals surface area contributed by atoms with Gasteiger partial charge in [-0.1, -0.05) is 30.3 Å². The zero-order valence-corrected chi connectivity index (χ0v) is 12.5. The fraction of sp³-hybridized carbons (Fsp3) is 0.333. The van der Waals surface area contributed by atoms with Gasteiger partial charge in [-0.25, -0.2) is 0 Å². The highest BCUT2D eigenvalue weighted by Gasteiger charge is 2.23. The Morgan fingerprint density at radius 1 is 1.19 bits per heavy atom. The lowest BCUT2D eigenvalue weighted by Crippen LogP contribution is -2.29. The summed E-state index contributed by atoms with van der Waals surface area (Å²) in [5.74, 6) is 1.83. The third kappa shape index (κ3) is 3.03. The van der Waals surface area contributed by atoms with E-state index in [-0.39, 0.29) is 0 Å². The number of ether oxygens (including phenoxy) is 2. The molecule has 0 amide bonds. The Labute approximate surface area is 125 Å². The molecule has 2 aromatic carbocycles. The molecule has 1 aliphatic rings. The van der Waals surface area contributed by atoms with Crippen molar-refractivity contribution in [1.29, 1.82) is 0 Å². The quantitative estimate of drug-likeness (QED) is 0.924. The summed E-state index contributed by atoms with van der Waals surface area (Å²) in [6.07, 6.45) is 0.970. The largest absolute Gasteiger partial charge is 0.497 e. The molecule has 3 rings (SSSR count). The van der Waals surface area contributed by atoms with Crippen molar-refractivity contribution in [3.05, 3.63) is 59.7 Å². The molecule has 3 heteroatoms. The van der Waals surface area contributed by atoms with Crippen molar-refractivity contribution < 1.29 is 9.47 Å². The van der Waals surface area contributed by atoms with E-state index in [1.165, 1.54) is 11.1 Å². The van der Waals surface area contributed by atoms with Crippen molar-refractivity contribution in [2.75, 3.05) is 13.7 Å². The van der Waals surface area contributed by atoms with Gasteiger partial charge in [0, 0.05) is 24.1 Å². The maximum Gasteiger partial charge on any atom is 0.124 e. The van der Waals surface area contributed by atoms with Crippen molar-refractivity contribution in [3.8, 4) is 11.5 Å². The van der Waals surface area contributed by atoms with E-state index in [0.29, 0.717) is 12.1 Å². The maximum absolute atomic E-state index is 5.74. The Bertz CT molecular complexity index is 597. The summed E-state index contributed by atoms with van der Waals surface area (Å²) < 4.78 is 11.1. The number of rotatable bonds is 4. The third-order valence-electron chi connectivity index (χ3n) is 4.01. The lowest BCUT2D eigenvalue weighted by molar-refractivity contribution is 0.245. The number of benzene rings is 2. The van der Waals surface area contributed by atoms with Crippen LogP contribution in [0.15, 0.2) is 48.5 Å². The van der Waals surface area contributed by atoms with Crippen LogP contribution in [0.3, 0.4) is 0 Å². The first kappa shape index (κ1) is 14.0. The van der Waals surface area contributed by atoms with Gasteiger partial charge >= 0.3 is 0 Å². The van der Waals surface area contributed by atoms with Crippen molar-refractivity contribution in [1.82, 2.24) is 5.32 Å². The molecule has 0 bridgehead atoms. The average Bonchev–Trinajstić information content (AvgIpc) is 2.55. The SMILES string of the molecule is COc1ccc2c(c1)C(N[C@@H](C)c1ccccc1)CCO2. The van der Waals surface area contributed by atoms with E-state index in [4.69, 9.17) is 9.47 Å². The van der Waals surface area contributed by atoms with Crippen LogP contribution in [0, 0.1) is 0 Å². The van der Waals surface area contributed by atoms with Gasteiger partial charge in [-0.05, 0) is 30.7 Å². The van der Waals surface area contributed by atoms with Crippen LogP contribution in [0.25, 0.3) is 0 Å². The molecule has 21 heavy (non-hydrogen) atoms. The predicted molar refractivity (Wildman–Crippen MR) is 83.8 cm³/mol. The van der Waals surface area contributed by atoms with Crippen molar-refractivity contribution >= 4 is 0 Å². The molecule has 1 unspecified atom stereocenters. The standard InChI is InChI=1S/C18H21NO2/c1-13(14-6-4-3-5-7-14)19-17-10-11-21-18-9-8-15(20-2)12-16(17)18/h3-9,12-13,17,19H,10-11H2,1-2H3/t13-,17?/m0/s1. The van der Waals surface area contributed by atoms with E-state index in [1.807, 2.05) is 18.2 Å². The molecule has 0 radical (unpaired) electrons. The molecule has 0 aromatic heterocycles. The maximum atomic E-state index is 5.74. The van der Waals surface area contributed by atoms with Gasteiger partial charge in [0.2, 0.25) is 0 Å². The van der Waals surface area contributed by atoms with E-state index in [2.05, 4.69) is 42.6 Å². The van der Waals surface area contributed by atoms with Gasteiger partial charge in [-0.2, -0.15) is 0 Å². The van der Waals surface area contributed by atoms with E-state index < -0.39 is 0 Å². The zero-order chi connectivity index (χ0) is 14.7. The summed E-state index contributed by atoms with van der Waals surface area (Å²) in [7, 11) is 1.69. The average molecular weight is 283 g/mol. The fourth-order valence-electron chi connectivity index (χ4n) is 2.81. The first-order chi connectivity index (χ1) is 10.3. The molecular formula is C18H21NO2. The van der Waals surface area contributed by atoms with Gasteiger partial charge in [0.15, 0.2) is 0 Å². The number of hydrogen-bond acceptors (Lipinski definition) is 3. The monoisotopic (exact) mass is 283 g/mol. The van der Waals surface area contributed by atoms with Crippen molar-refractivity contribution in [3.63, 3.8) is 0 Å². The summed E-state index contributed by atoms with van der Waals surface area (Å²) in [5.41, 5.74) is 2.48. The highest BCUT2D eigenvalue weighted by molar-refractivity contribution is 5.43. The van der Waals surface area contributed by atoms with Crippen LogP contribution in [-0.2, 0) is 0 Å². The Morgan fingerprint density at radius 3 is 2.76 bits per heavy atom. The van der Waals surface area contributed by atoms with E-state index in [0.717, 1.165) is 24.5 Å². The first-order valence-electron chi connectivity index (χ1n) is 7.39. The molecule has 1 N–H and O–H groups in total. The minimum atomic E-state index is 0.291. The Kier molecular flexibility index (Phi) is 4.11. The number of nitrogens with one attached hydrogen (secondary N) is 1. The summed E-state index contributed by atoms with van der Waals surface area (Å²) >= 11 is 0. The Balaban J connectivity index is 1.81. The van der Waals surface area contributed by atoms with Crippen molar-refractivity contribution in [2.24, 2.45) is 0 Å². The lowest BCUT2D eigenvalue weighted by atomic mass is 9.98. The summed E-state index contributed by atoms with van der Waals surface area (Å²) in [6, 6.07) is 17.1. The highest BCUT2D eigenvalue weighted by Crippen LogP contribution is 2.36. The summed E-state index contributed by atoms with van der Waals surface area (Å²) in [4.78, 5) is 0. The Morgan fingerprint density at radius 2 is 2.00 bits per heavy atom. The van der Waals surface area contributed by atoms with Crippen LogP contribution >= 0.6 is 0 Å². The molecule has 2 aromatic rings. The topological polar surface area (TPSA) is 30.5 Å². The van der Waals surface area contributed by atoms with Crippen molar-refractivity contribution in [2.45, 2.75) is 25.4 Å². The van der Waals surface area contributed by atoms with E-state index >= 15 is 0 Å². The van der Waals surface area contributed by atoms with Crippen LogP contribution in [-0.4, -0.2) is 13.7 Å². The Hall–Kier alpha value is -2.00. The fourth-order valence-corrected chi connectivity index (χ4v) is 2.81. The third-order valence-corrected chi connectivity index (χ3v) is 4.01. The lowest BCUT2D eigenvalue weighted by Gasteiger charge is -2.30. The molecule has 0 spiro atoms. The van der Waals surface area contributed by atoms with Gasteiger partial charge < -0.3 is 14.8 Å². The number of fused-ring (bicyclic) bond motifs is 1. The van der Waals surface area contributed by atoms with E-state index in [9.17, 15) is 0 Å².